The van der Waals surface area contributed by atoms with Gasteiger partial charge in [-0.2, -0.15) is 0 Å². The summed E-state index contributed by atoms with van der Waals surface area (Å²) in [5.41, 5.74) is 8.99. The van der Waals surface area contributed by atoms with Crippen LogP contribution in [0.4, 0.5) is 5.69 Å². The molecule has 3 rings (SSSR count). The van der Waals surface area contributed by atoms with Crippen LogP contribution in [-0.2, 0) is 6.54 Å². The predicted molar refractivity (Wildman–Crippen MR) is 80.7 cm³/mol. The second kappa shape index (κ2) is 4.24. The van der Waals surface area contributed by atoms with Gasteiger partial charge in [0.15, 0.2) is 0 Å². The van der Waals surface area contributed by atoms with E-state index >= 15 is 0 Å². The van der Waals surface area contributed by atoms with Gasteiger partial charge in [-0.3, -0.25) is 4.90 Å². The Morgan fingerprint density at radius 2 is 1.89 bits per heavy atom. The molecule has 2 nitrogen and oxygen atoms in total. The molecule has 2 aliphatic rings. The Bertz CT molecular complexity index is 463. The summed E-state index contributed by atoms with van der Waals surface area (Å²) in [4.78, 5) is 2.65. The van der Waals surface area contributed by atoms with Crippen molar-refractivity contribution in [1.29, 1.82) is 0 Å². The third kappa shape index (κ3) is 2.06. The van der Waals surface area contributed by atoms with Crippen LogP contribution in [0.25, 0.3) is 0 Å². The quantitative estimate of drug-likeness (QED) is 0.822. The summed E-state index contributed by atoms with van der Waals surface area (Å²) in [6, 6.07) is 8.36. The second-order valence-corrected chi connectivity index (χ2v) is 7.43. The molecule has 2 bridgehead atoms. The predicted octanol–water partition coefficient (Wildman–Crippen LogP) is 3.53. The molecular weight excluding hydrogens is 232 g/mol. The summed E-state index contributed by atoms with van der Waals surface area (Å²) in [6.07, 6.45) is 2.80. The van der Waals surface area contributed by atoms with Gasteiger partial charge in [-0.15, -0.1) is 0 Å². The maximum atomic E-state index is 5.76. The van der Waals surface area contributed by atoms with Gasteiger partial charge in [0.25, 0.3) is 0 Å². The molecule has 1 aliphatic carbocycles. The molecule has 1 aromatic carbocycles. The van der Waals surface area contributed by atoms with Gasteiger partial charge in [0, 0.05) is 25.3 Å². The maximum Gasteiger partial charge on any atom is 0.0314 e. The van der Waals surface area contributed by atoms with Gasteiger partial charge in [0.1, 0.15) is 0 Å². The lowest BCUT2D eigenvalue weighted by molar-refractivity contribution is -0.0210. The number of hydrogen-bond donors (Lipinski definition) is 1. The van der Waals surface area contributed by atoms with Crippen LogP contribution in [0.5, 0.6) is 0 Å². The minimum absolute atomic E-state index is 0.490. The average Bonchev–Trinajstić information content (AvgIpc) is 2.51. The summed E-state index contributed by atoms with van der Waals surface area (Å²) in [6.45, 7) is 11.0. The Kier molecular flexibility index (Phi) is 2.90. The Labute approximate surface area is 117 Å². The van der Waals surface area contributed by atoms with Crippen molar-refractivity contribution in [2.75, 3.05) is 18.8 Å². The van der Waals surface area contributed by atoms with Gasteiger partial charge in [-0.25, -0.2) is 0 Å². The highest BCUT2D eigenvalue weighted by atomic mass is 15.2. The molecule has 2 fully saturated rings. The first-order valence-corrected chi connectivity index (χ1v) is 7.47. The van der Waals surface area contributed by atoms with E-state index in [1.807, 2.05) is 12.1 Å². The molecule has 1 saturated carbocycles. The number of anilines is 1. The van der Waals surface area contributed by atoms with Crippen LogP contribution < -0.4 is 5.73 Å². The fraction of sp³-hybridized carbons (Fsp3) is 0.647. The van der Waals surface area contributed by atoms with Crippen molar-refractivity contribution in [2.45, 2.75) is 40.2 Å². The second-order valence-electron chi connectivity index (χ2n) is 7.43. The summed E-state index contributed by atoms with van der Waals surface area (Å²) in [7, 11) is 0. The lowest BCUT2D eigenvalue weighted by Gasteiger charge is -2.50. The Morgan fingerprint density at radius 3 is 2.53 bits per heavy atom. The summed E-state index contributed by atoms with van der Waals surface area (Å²) < 4.78 is 0. The normalized spacial score (nSPS) is 33.5. The molecule has 1 heterocycles. The molecule has 0 aromatic heterocycles. The number of piperidine rings is 1. The molecule has 0 amide bonds. The van der Waals surface area contributed by atoms with Crippen LogP contribution in [0.15, 0.2) is 24.3 Å². The smallest absolute Gasteiger partial charge is 0.0314 e. The van der Waals surface area contributed by atoms with Gasteiger partial charge in [0.05, 0.1) is 0 Å². The monoisotopic (exact) mass is 258 g/mol. The fourth-order valence-corrected chi connectivity index (χ4v) is 4.14. The molecule has 19 heavy (non-hydrogen) atoms. The van der Waals surface area contributed by atoms with Crippen LogP contribution >= 0.6 is 0 Å². The van der Waals surface area contributed by atoms with Gasteiger partial charge in [-0.1, -0.05) is 32.9 Å². The molecule has 2 heteroatoms. The van der Waals surface area contributed by atoms with E-state index in [0.29, 0.717) is 10.8 Å². The largest absolute Gasteiger partial charge is 0.399 e. The summed E-state index contributed by atoms with van der Waals surface area (Å²) >= 11 is 0. The van der Waals surface area contributed by atoms with E-state index < -0.39 is 0 Å². The zero-order valence-electron chi connectivity index (χ0n) is 12.4. The lowest BCUT2D eigenvalue weighted by atomic mass is 9.63. The molecule has 0 radical (unpaired) electrons. The molecule has 1 aromatic rings. The molecular formula is C17H26N2. The van der Waals surface area contributed by atoms with Crippen molar-refractivity contribution in [3.05, 3.63) is 29.8 Å². The molecule has 2 N–H and O–H groups in total. The third-order valence-electron chi connectivity index (χ3n) is 6.06. The minimum atomic E-state index is 0.490. The van der Waals surface area contributed by atoms with E-state index in [9.17, 15) is 0 Å². The van der Waals surface area contributed by atoms with E-state index in [0.717, 1.165) is 18.2 Å². The summed E-state index contributed by atoms with van der Waals surface area (Å²) in [5, 5.41) is 0. The van der Waals surface area contributed by atoms with Crippen LogP contribution in [0.2, 0.25) is 0 Å². The number of nitrogens with zero attached hydrogens (tertiary/aromatic N) is 1. The van der Waals surface area contributed by atoms with Crippen molar-refractivity contribution < 1.29 is 0 Å². The SMILES string of the molecule is CC12CCC(CN(Cc3ccc(N)cc3)C1)C2(C)C. The number of benzene rings is 1. The molecule has 1 aliphatic heterocycles. The first-order valence-electron chi connectivity index (χ1n) is 7.47. The minimum Gasteiger partial charge on any atom is -0.399 e. The maximum absolute atomic E-state index is 5.76. The van der Waals surface area contributed by atoms with Gasteiger partial charge >= 0.3 is 0 Å². The zero-order valence-corrected chi connectivity index (χ0v) is 12.4. The van der Waals surface area contributed by atoms with Gasteiger partial charge in [0.2, 0.25) is 0 Å². The van der Waals surface area contributed by atoms with Crippen LogP contribution in [0, 0.1) is 16.7 Å². The number of fused-ring (bicyclic) bond motifs is 2. The van der Waals surface area contributed by atoms with Crippen molar-refractivity contribution in [3.8, 4) is 0 Å². The Morgan fingerprint density at radius 1 is 1.21 bits per heavy atom. The molecule has 0 spiro atoms. The highest BCUT2D eigenvalue weighted by Gasteiger charge is 2.55. The number of rotatable bonds is 2. The third-order valence-corrected chi connectivity index (χ3v) is 6.06. The Hall–Kier alpha value is -1.02. The first kappa shape index (κ1) is 13.0. The fourth-order valence-electron chi connectivity index (χ4n) is 4.14. The average molecular weight is 258 g/mol. The summed E-state index contributed by atoms with van der Waals surface area (Å²) in [5.74, 6) is 0.861. The molecule has 2 unspecified atom stereocenters. The van der Waals surface area contributed by atoms with Gasteiger partial charge in [-0.05, 0) is 47.3 Å². The van der Waals surface area contributed by atoms with Crippen molar-refractivity contribution in [1.82, 2.24) is 4.90 Å². The molecule has 104 valence electrons. The van der Waals surface area contributed by atoms with E-state index in [-0.39, 0.29) is 0 Å². The zero-order chi connectivity index (χ0) is 13.7. The van der Waals surface area contributed by atoms with E-state index in [1.54, 1.807) is 0 Å². The highest BCUT2D eigenvalue weighted by molar-refractivity contribution is 5.39. The van der Waals surface area contributed by atoms with Gasteiger partial charge < -0.3 is 5.73 Å². The molecule has 2 atom stereocenters. The number of nitrogens with two attached hydrogens (primary N) is 1. The molecule has 1 saturated heterocycles. The number of nitrogen functional groups attached to an aromatic ring is 1. The van der Waals surface area contributed by atoms with E-state index in [1.165, 1.54) is 31.5 Å². The number of hydrogen-bond acceptors (Lipinski definition) is 2. The topological polar surface area (TPSA) is 29.3 Å². The van der Waals surface area contributed by atoms with Crippen molar-refractivity contribution in [2.24, 2.45) is 16.7 Å². The van der Waals surface area contributed by atoms with Crippen molar-refractivity contribution in [3.63, 3.8) is 0 Å². The highest BCUT2D eigenvalue weighted by Crippen LogP contribution is 2.59. The lowest BCUT2D eigenvalue weighted by Crippen LogP contribution is -2.51. The van der Waals surface area contributed by atoms with E-state index in [2.05, 4.69) is 37.8 Å². The van der Waals surface area contributed by atoms with Crippen LogP contribution in [0.3, 0.4) is 0 Å². The van der Waals surface area contributed by atoms with E-state index in [4.69, 9.17) is 5.73 Å². The van der Waals surface area contributed by atoms with Crippen LogP contribution in [0.1, 0.15) is 39.2 Å². The standard InChI is InChI=1S/C17H26N2/c1-16(2)14-8-9-17(16,3)12-19(11-14)10-13-4-6-15(18)7-5-13/h4-7,14H,8-12,18H2,1-3H3. The van der Waals surface area contributed by atoms with Crippen LogP contribution in [-0.4, -0.2) is 18.0 Å². The first-order chi connectivity index (χ1) is 8.91. The Balaban J connectivity index is 1.74. The number of likely N-dealkylation sites (tertiary alicyclic amines) is 1. The van der Waals surface area contributed by atoms with Crippen molar-refractivity contribution >= 4 is 5.69 Å².